The van der Waals surface area contributed by atoms with E-state index in [-0.39, 0.29) is 30.4 Å². The summed E-state index contributed by atoms with van der Waals surface area (Å²) >= 11 is 0. The van der Waals surface area contributed by atoms with Crippen LogP contribution in [-0.4, -0.2) is 79.7 Å². The maximum atomic E-state index is 12.1. The van der Waals surface area contributed by atoms with Gasteiger partial charge in [-0.15, -0.1) is 0 Å². The molecule has 2 heterocycles. The van der Waals surface area contributed by atoms with Crippen molar-refractivity contribution in [1.29, 1.82) is 0 Å². The molecule has 2 aliphatic heterocycles. The highest BCUT2D eigenvalue weighted by Crippen LogP contribution is 2.10. The van der Waals surface area contributed by atoms with Crippen molar-refractivity contribution in [2.24, 2.45) is 0 Å². The van der Waals surface area contributed by atoms with Crippen LogP contribution in [0, 0.1) is 0 Å². The van der Waals surface area contributed by atoms with Gasteiger partial charge in [-0.2, -0.15) is 0 Å². The first-order valence-electron chi connectivity index (χ1n) is 8.18. The van der Waals surface area contributed by atoms with E-state index < -0.39 is 0 Å². The summed E-state index contributed by atoms with van der Waals surface area (Å²) in [6, 6.07) is 0. The Labute approximate surface area is 136 Å². The molecule has 8 heteroatoms. The van der Waals surface area contributed by atoms with Crippen molar-refractivity contribution in [1.82, 2.24) is 15.1 Å². The predicted octanol–water partition coefficient (Wildman–Crippen LogP) is -0.0276. The first-order valence-corrected chi connectivity index (χ1v) is 8.18. The first-order chi connectivity index (χ1) is 11.1. The quantitative estimate of drug-likeness (QED) is 0.717. The minimum atomic E-state index is -0.353. The average Bonchev–Trinajstić information content (AvgIpc) is 3.07. The van der Waals surface area contributed by atoms with E-state index >= 15 is 0 Å². The highest BCUT2D eigenvalue weighted by Gasteiger charge is 2.26. The SMILES string of the molecule is CCOC(=O)N1CCN(C(=O)CC(=O)NCC2CCCO2)CC1. The van der Waals surface area contributed by atoms with E-state index in [0.717, 1.165) is 19.4 Å². The fourth-order valence-electron chi connectivity index (χ4n) is 2.70. The highest BCUT2D eigenvalue weighted by molar-refractivity contribution is 5.97. The van der Waals surface area contributed by atoms with Crippen LogP contribution in [0.3, 0.4) is 0 Å². The van der Waals surface area contributed by atoms with Crippen molar-refractivity contribution in [3.8, 4) is 0 Å². The van der Waals surface area contributed by atoms with Crippen LogP contribution in [0.1, 0.15) is 26.2 Å². The lowest BCUT2D eigenvalue weighted by Crippen LogP contribution is -2.51. The molecular weight excluding hydrogens is 302 g/mol. The molecule has 0 aliphatic carbocycles. The second-order valence-electron chi connectivity index (χ2n) is 5.68. The summed E-state index contributed by atoms with van der Waals surface area (Å²) in [5.41, 5.74) is 0. The van der Waals surface area contributed by atoms with Crippen LogP contribution in [0.15, 0.2) is 0 Å². The number of amides is 3. The van der Waals surface area contributed by atoms with Crippen LogP contribution in [0.2, 0.25) is 0 Å². The van der Waals surface area contributed by atoms with Gasteiger partial charge in [0, 0.05) is 39.3 Å². The number of rotatable bonds is 5. The molecule has 3 amide bonds. The zero-order valence-corrected chi connectivity index (χ0v) is 13.6. The Bertz CT molecular complexity index is 429. The molecule has 0 saturated carbocycles. The first kappa shape index (κ1) is 17.5. The Morgan fingerprint density at radius 3 is 2.48 bits per heavy atom. The standard InChI is InChI=1S/C15H25N3O5/c1-2-22-15(21)18-7-5-17(6-8-18)14(20)10-13(19)16-11-12-4-3-9-23-12/h12H,2-11H2,1H3,(H,16,19). The minimum absolute atomic E-state index is 0.0715. The second kappa shape index (κ2) is 8.71. The Morgan fingerprint density at radius 2 is 1.87 bits per heavy atom. The van der Waals surface area contributed by atoms with Gasteiger partial charge < -0.3 is 24.6 Å². The van der Waals surface area contributed by atoms with Crippen molar-refractivity contribution in [3.05, 3.63) is 0 Å². The number of nitrogens with one attached hydrogen (secondary N) is 1. The third-order valence-corrected chi connectivity index (χ3v) is 4.02. The molecule has 130 valence electrons. The molecule has 2 saturated heterocycles. The maximum absolute atomic E-state index is 12.1. The van der Waals surface area contributed by atoms with E-state index in [0.29, 0.717) is 39.3 Å². The Morgan fingerprint density at radius 1 is 1.17 bits per heavy atom. The topological polar surface area (TPSA) is 88.2 Å². The molecule has 0 radical (unpaired) electrons. The molecule has 0 bridgehead atoms. The smallest absolute Gasteiger partial charge is 0.409 e. The maximum Gasteiger partial charge on any atom is 0.409 e. The predicted molar refractivity (Wildman–Crippen MR) is 81.8 cm³/mol. The molecule has 2 aliphatic rings. The van der Waals surface area contributed by atoms with Crippen molar-refractivity contribution in [2.45, 2.75) is 32.3 Å². The summed E-state index contributed by atoms with van der Waals surface area (Å²) in [5.74, 6) is -0.489. The molecule has 0 aromatic carbocycles. The van der Waals surface area contributed by atoms with Crippen LogP contribution < -0.4 is 5.32 Å². The van der Waals surface area contributed by atoms with Gasteiger partial charge in [-0.3, -0.25) is 9.59 Å². The zero-order chi connectivity index (χ0) is 16.7. The largest absolute Gasteiger partial charge is 0.450 e. The molecule has 2 fully saturated rings. The zero-order valence-electron chi connectivity index (χ0n) is 13.6. The lowest BCUT2D eigenvalue weighted by Gasteiger charge is -2.34. The van der Waals surface area contributed by atoms with Gasteiger partial charge in [0.25, 0.3) is 0 Å². The van der Waals surface area contributed by atoms with Crippen molar-refractivity contribution < 1.29 is 23.9 Å². The van der Waals surface area contributed by atoms with Crippen LogP contribution >= 0.6 is 0 Å². The molecule has 0 aromatic rings. The summed E-state index contributed by atoms with van der Waals surface area (Å²) in [4.78, 5) is 38.7. The van der Waals surface area contributed by atoms with Crippen LogP contribution in [0.4, 0.5) is 4.79 Å². The van der Waals surface area contributed by atoms with Gasteiger partial charge in [0.05, 0.1) is 12.7 Å². The lowest BCUT2D eigenvalue weighted by atomic mass is 10.2. The second-order valence-corrected chi connectivity index (χ2v) is 5.68. The molecule has 1 unspecified atom stereocenters. The van der Waals surface area contributed by atoms with Gasteiger partial charge in [0.15, 0.2) is 0 Å². The molecule has 2 rings (SSSR count). The van der Waals surface area contributed by atoms with Crippen molar-refractivity contribution >= 4 is 17.9 Å². The lowest BCUT2D eigenvalue weighted by molar-refractivity contribution is -0.137. The monoisotopic (exact) mass is 327 g/mol. The number of nitrogens with zero attached hydrogens (tertiary/aromatic N) is 2. The van der Waals surface area contributed by atoms with E-state index in [1.165, 1.54) is 0 Å². The summed E-state index contributed by atoms with van der Waals surface area (Å²) < 4.78 is 10.3. The van der Waals surface area contributed by atoms with Crippen molar-refractivity contribution in [3.63, 3.8) is 0 Å². The van der Waals surface area contributed by atoms with Gasteiger partial charge in [-0.1, -0.05) is 0 Å². The third kappa shape index (κ3) is 5.38. The fraction of sp³-hybridized carbons (Fsp3) is 0.800. The number of carbonyl (C=O) groups excluding carboxylic acids is 3. The third-order valence-electron chi connectivity index (χ3n) is 4.02. The molecule has 1 N–H and O–H groups in total. The summed E-state index contributed by atoms with van der Waals surface area (Å²) in [7, 11) is 0. The van der Waals surface area contributed by atoms with E-state index in [9.17, 15) is 14.4 Å². The Kier molecular flexibility index (Phi) is 6.64. The molecule has 23 heavy (non-hydrogen) atoms. The van der Waals surface area contributed by atoms with E-state index in [2.05, 4.69) is 5.32 Å². The molecule has 8 nitrogen and oxygen atoms in total. The average molecular weight is 327 g/mol. The number of hydrogen-bond acceptors (Lipinski definition) is 5. The van der Waals surface area contributed by atoms with Crippen LogP contribution in [0.5, 0.6) is 0 Å². The van der Waals surface area contributed by atoms with Gasteiger partial charge in [-0.25, -0.2) is 4.79 Å². The van der Waals surface area contributed by atoms with Gasteiger partial charge >= 0.3 is 6.09 Å². The number of hydrogen-bond donors (Lipinski definition) is 1. The van der Waals surface area contributed by atoms with Gasteiger partial charge in [0.1, 0.15) is 6.42 Å². The molecule has 0 spiro atoms. The molecule has 1 atom stereocenters. The summed E-state index contributed by atoms with van der Waals surface area (Å²) in [5, 5.41) is 2.74. The van der Waals surface area contributed by atoms with E-state index in [1.807, 2.05) is 0 Å². The van der Waals surface area contributed by atoms with E-state index in [1.54, 1.807) is 16.7 Å². The number of carbonyl (C=O) groups is 3. The van der Waals surface area contributed by atoms with Crippen LogP contribution in [0.25, 0.3) is 0 Å². The number of piperazine rings is 1. The van der Waals surface area contributed by atoms with Gasteiger partial charge in [0.2, 0.25) is 11.8 Å². The fourth-order valence-corrected chi connectivity index (χ4v) is 2.70. The highest BCUT2D eigenvalue weighted by atomic mass is 16.6. The van der Waals surface area contributed by atoms with E-state index in [4.69, 9.17) is 9.47 Å². The number of ether oxygens (including phenoxy) is 2. The van der Waals surface area contributed by atoms with Crippen LogP contribution in [-0.2, 0) is 19.1 Å². The van der Waals surface area contributed by atoms with Gasteiger partial charge in [-0.05, 0) is 19.8 Å². The molecular formula is C15H25N3O5. The molecule has 0 aromatic heterocycles. The van der Waals surface area contributed by atoms with Crippen molar-refractivity contribution in [2.75, 3.05) is 45.9 Å². The summed E-state index contributed by atoms with van der Waals surface area (Å²) in [6.45, 7) is 5.01. The normalized spacial score (nSPS) is 21.2. The minimum Gasteiger partial charge on any atom is -0.450 e. The Balaban J connectivity index is 1.65. The summed E-state index contributed by atoms with van der Waals surface area (Å²) in [6.07, 6.45) is 1.52. The Hall–Kier alpha value is -1.83.